The number of hydrogen-bond acceptors (Lipinski definition) is 3. The van der Waals surface area contributed by atoms with Crippen LogP contribution in [0.3, 0.4) is 0 Å². The summed E-state index contributed by atoms with van der Waals surface area (Å²) in [5.74, 6) is 0.00103. The van der Waals surface area contributed by atoms with Gasteiger partial charge >= 0.3 is 6.03 Å². The molecule has 0 unspecified atom stereocenters. The summed E-state index contributed by atoms with van der Waals surface area (Å²) in [5.41, 5.74) is 6.87. The summed E-state index contributed by atoms with van der Waals surface area (Å²) in [4.78, 5) is 16.1. The Kier molecular flexibility index (Phi) is 5.03. The summed E-state index contributed by atoms with van der Waals surface area (Å²) < 4.78 is 0. The van der Waals surface area contributed by atoms with Crippen molar-refractivity contribution in [3.8, 4) is 0 Å². The summed E-state index contributed by atoms with van der Waals surface area (Å²) >= 11 is 0. The largest absolute Gasteiger partial charge is 0.409 e. The number of para-hydroxylation sites is 1. The average Bonchev–Trinajstić information content (AvgIpc) is 2.82. The smallest absolute Gasteiger partial charge is 0.324 e. The number of carbonyl (C=O) groups is 1. The third-order valence-corrected chi connectivity index (χ3v) is 3.81. The van der Waals surface area contributed by atoms with Crippen molar-refractivity contribution in [1.82, 2.24) is 4.90 Å². The zero-order valence-corrected chi connectivity index (χ0v) is 12.3. The molecule has 0 radical (unpaired) electrons. The first-order chi connectivity index (χ1) is 10.1. The number of nitrogens with zero attached hydrogens (tertiary/aromatic N) is 3. The second-order valence-electron chi connectivity index (χ2n) is 5.25. The molecule has 114 valence electrons. The molecule has 6 heteroatoms. The Balaban J connectivity index is 2.23. The van der Waals surface area contributed by atoms with E-state index >= 15 is 0 Å². The summed E-state index contributed by atoms with van der Waals surface area (Å²) in [6, 6.07) is 7.10. The third kappa shape index (κ3) is 3.45. The number of likely N-dealkylation sites (tertiary alicyclic amines) is 1. The Morgan fingerprint density at radius 3 is 2.48 bits per heavy atom. The molecule has 2 amide bonds. The molecule has 6 nitrogen and oxygen atoms in total. The lowest BCUT2D eigenvalue weighted by Crippen LogP contribution is -2.42. The van der Waals surface area contributed by atoms with Gasteiger partial charge in [0.1, 0.15) is 0 Å². The SMILES string of the molecule is CN(C(=O)N1CCCCCC1)c1ccccc1/C(N)=N/O. The van der Waals surface area contributed by atoms with Gasteiger partial charge in [-0.3, -0.25) is 4.90 Å². The highest BCUT2D eigenvalue weighted by molar-refractivity contribution is 6.05. The number of amides is 2. The Labute approximate surface area is 124 Å². The van der Waals surface area contributed by atoms with E-state index in [0.717, 1.165) is 25.9 Å². The molecule has 1 aliphatic heterocycles. The molecule has 3 N–H and O–H groups in total. The van der Waals surface area contributed by atoms with Crippen molar-refractivity contribution in [2.45, 2.75) is 25.7 Å². The topological polar surface area (TPSA) is 82.2 Å². The average molecular weight is 290 g/mol. The minimum Gasteiger partial charge on any atom is -0.409 e. The van der Waals surface area contributed by atoms with Crippen LogP contribution in [-0.4, -0.2) is 42.1 Å². The molecule has 0 saturated carbocycles. The van der Waals surface area contributed by atoms with E-state index in [-0.39, 0.29) is 11.9 Å². The highest BCUT2D eigenvalue weighted by Gasteiger charge is 2.22. The standard InChI is InChI=1S/C15H22N4O2/c1-18(15(20)19-10-6-2-3-7-11-19)13-9-5-4-8-12(13)14(16)17-21/h4-5,8-9,21H,2-3,6-7,10-11H2,1H3,(H2,16,17). The summed E-state index contributed by atoms with van der Waals surface area (Å²) in [7, 11) is 1.72. The lowest BCUT2D eigenvalue weighted by Gasteiger charge is -2.28. The van der Waals surface area contributed by atoms with Crippen LogP contribution in [0.15, 0.2) is 29.4 Å². The van der Waals surface area contributed by atoms with Gasteiger partial charge in [0.25, 0.3) is 0 Å². The molecule has 0 bridgehead atoms. The number of anilines is 1. The van der Waals surface area contributed by atoms with Gasteiger partial charge < -0.3 is 15.8 Å². The van der Waals surface area contributed by atoms with Crippen molar-refractivity contribution in [2.75, 3.05) is 25.0 Å². The lowest BCUT2D eigenvalue weighted by atomic mass is 10.1. The van der Waals surface area contributed by atoms with E-state index in [4.69, 9.17) is 10.9 Å². The number of benzene rings is 1. The number of amidine groups is 1. The number of rotatable bonds is 2. The predicted octanol–water partition coefficient (Wildman–Crippen LogP) is 2.21. The molecule has 0 aromatic heterocycles. The fourth-order valence-corrected chi connectivity index (χ4v) is 2.61. The first kappa shape index (κ1) is 15.2. The van der Waals surface area contributed by atoms with Crippen molar-refractivity contribution in [1.29, 1.82) is 0 Å². The van der Waals surface area contributed by atoms with E-state index in [1.165, 1.54) is 12.8 Å². The molecule has 1 aliphatic rings. The molecule has 0 aliphatic carbocycles. The maximum Gasteiger partial charge on any atom is 0.324 e. The molecule has 0 atom stereocenters. The van der Waals surface area contributed by atoms with Crippen LogP contribution in [0, 0.1) is 0 Å². The van der Waals surface area contributed by atoms with Crippen molar-refractivity contribution in [2.24, 2.45) is 10.9 Å². The molecule has 1 heterocycles. The fourth-order valence-electron chi connectivity index (χ4n) is 2.61. The molecule has 1 aromatic carbocycles. The van der Waals surface area contributed by atoms with Crippen molar-refractivity contribution in [3.05, 3.63) is 29.8 Å². The van der Waals surface area contributed by atoms with Crippen molar-refractivity contribution < 1.29 is 10.0 Å². The van der Waals surface area contributed by atoms with Crippen LogP contribution in [0.25, 0.3) is 0 Å². The molecule has 1 aromatic rings. The minimum atomic E-state index is -0.0462. The zero-order valence-electron chi connectivity index (χ0n) is 12.3. The number of urea groups is 1. The fraction of sp³-hybridized carbons (Fsp3) is 0.467. The molecule has 2 rings (SSSR count). The molecular formula is C15H22N4O2. The van der Waals surface area contributed by atoms with Gasteiger partial charge in [-0.25, -0.2) is 4.79 Å². The van der Waals surface area contributed by atoms with Gasteiger partial charge in [-0.1, -0.05) is 30.1 Å². The highest BCUT2D eigenvalue weighted by atomic mass is 16.4. The van der Waals surface area contributed by atoms with Crippen LogP contribution in [0.5, 0.6) is 0 Å². The van der Waals surface area contributed by atoms with Crippen LogP contribution in [0.2, 0.25) is 0 Å². The third-order valence-electron chi connectivity index (χ3n) is 3.81. The molecule has 1 saturated heterocycles. The van der Waals surface area contributed by atoms with E-state index in [1.807, 2.05) is 11.0 Å². The van der Waals surface area contributed by atoms with Crippen LogP contribution in [0.1, 0.15) is 31.2 Å². The van der Waals surface area contributed by atoms with Gasteiger partial charge in [0.15, 0.2) is 5.84 Å². The highest BCUT2D eigenvalue weighted by Crippen LogP contribution is 2.21. The monoisotopic (exact) mass is 290 g/mol. The summed E-state index contributed by atoms with van der Waals surface area (Å²) in [5, 5.41) is 11.9. The Hall–Kier alpha value is -2.24. The Morgan fingerprint density at radius 2 is 1.86 bits per heavy atom. The Bertz CT molecular complexity index is 522. The van der Waals surface area contributed by atoms with Gasteiger partial charge in [-0.2, -0.15) is 0 Å². The number of hydrogen-bond donors (Lipinski definition) is 2. The van der Waals surface area contributed by atoms with Crippen LogP contribution in [-0.2, 0) is 0 Å². The van der Waals surface area contributed by atoms with Gasteiger partial charge in [0, 0.05) is 25.7 Å². The summed E-state index contributed by atoms with van der Waals surface area (Å²) in [6.45, 7) is 1.57. The first-order valence-corrected chi connectivity index (χ1v) is 7.24. The van der Waals surface area contributed by atoms with E-state index in [0.29, 0.717) is 11.3 Å². The second-order valence-corrected chi connectivity index (χ2v) is 5.25. The summed E-state index contributed by atoms with van der Waals surface area (Å²) in [6.07, 6.45) is 4.44. The van der Waals surface area contributed by atoms with E-state index in [1.54, 1.807) is 30.1 Å². The Morgan fingerprint density at radius 1 is 1.24 bits per heavy atom. The maximum absolute atomic E-state index is 12.6. The lowest BCUT2D eigenvalue weighted by molar-refractivity contribution is 0.208. The molecular weight excluding hydrogens is 268 g/mol. The second kappa shape index (κ2) is 6.97. The number of carbonyl (C=O) groups excluding carboxylic acids is 1. The van der Waals surface area contributed by atoms with E-state index in [2.05, 4.69) is 5.16 Å². The molecule has 0 spiro atoms. The van der Waals surface area contributed by atoms with Crippen molar-refractivity contribution >= 4 is 17.6 Å². The van der Waals surface area contributed by atoms with Crippen molar-refractivity contribution in [3.63, 3.8) is 0 Å². The van der Waals surface area contributed by atoms with Crippen LogP contribution >= 0.6 is 0 Å². The maximum atomic E-state index is 12.6. The quantitative estimate of drug-likeness (QED) is 0.379. The van der Waals surface area contributed by atoms with Crippen LogP contribution in [0.4, 0.5) is 10.5 Å². The first-order valence-electron chi connectivity index (χ1n) is 7.24. The van der Waals surface area contributed by atoms with E-state index < -0.39 is 0 Å². The normalized spacial score (nSPS) is 16.4. The van der Waals surface area contributed by atoms with Gasteiger partial charge in [0.2, 0.25) is 0 Å². The predicted molar refractivity (Wildman–Crippen MR) is 82.8 cm³/mol. The zero-order chi connectivity index (χ0) is 15.2. The van der Waals surface area contributed by atoms with E-state index in [9.17, 15) is 4.79 Å². The minimum absolute atomic E-state index is 0.00103. The molecule has 21 heavy (non-hydrogen) atoms. The number of oxime groups is 1. The van der Waals surface area contributed by atoms with Gasteiger partial charge in [-0.15, -0.1) is 0 Å². The number of nitrogens with two attached hydrogens (primary N) is 1. The molecule has 1 fully saturated rings. The van der Waals surface area contributed by atoms with Gasteiger partial charge in [0.05, 0.1) is 5.69 Å². The van der Waals surface area contributed by atoms with Crippen LogP contribution < -0.4 is 10.6 Å². The van der Waals surface area contributed by atoms with Gasteiger partial charge in [-0.05, 0) is 25.0 Å².